The van der Waals surface area contributed by atoms with Crippen molar-refractivity contribution < 1.29 is 4.79 Å². The molecule has 19 heavy (non-hydrogen) atoms. The highest BCUT2D eigenvalue weighted by Crippen LogP contribution is 2.22. The van der Waals surface area contributed by atoms with E-state index in [1.165, 1.54) is 12.8 Å². The summed E-state index contributed by atoms with van der Waals surface area (Å²) in [6.45, 7) is 4.26. The van der Waals surface area contributed by atoms with Gasteiger partial charge < -0.3 is 10.6 Å². The molecule has 0 radical (unpaired) electrons. The predicted molar refractivity (Wildman–Crippen MR) is 77.7 cm³/mol. The molecular formula is C13H19BrN4O. The number of rotatable bonds is 4. The van der Waals surface area contributed by atoms with E-state index >= 15 is 0 Å². The number of aromatic nitrogens is 2. The largest absolute Gasteiger partial charge is 0.316 e. The molecule has 0 saturated carbocycles. The van der Waals surface area contributed by atoms with Crippen LogP contribution >= 0.6 is 15.9 Å². The smallest absolute Gasteiger partial charge is 0.225 e. The Bertz CT molecular complexity index is 417. The number of halogens is 1. The van der Waals surface area contributed by atoms with Crippen molar-refractivity contribution in [1.29, 1.82) is 0 Å². The second kappa shape index (κ2) is 6.96. The first-order chi connectivity index (χ1) is 9.15. The van der Waals surface area contributed by atoms with Crippen molar-refractivity contribution in [3.8, 4) is 0 Å². The van der Waals surface area contributed by atoms with Gasteiger partial charge in [-0.3, -0.25) is 4.79 Å². The van der Waals surface area contributed by atoms with E-state index in [1.54, 1.807) is 12.4 Å². The lowest BCUT2D eigenvalue weighted by Gasteiger charge is -2.27. The lowest BCUT2D eigenvalue weighted by molar-refractivity contribution is -0.117. The first-order valence-corrected chi connectivity index (χ1v) is 7.42. The third-order valence-electron chi connectivity index (χ3n) is 3.53. The number of nitrogens with zero attached hydrogens (tertiary/aromatic N) is 2. The fourth-order valence-corrected chi connectivity index (χ4v) is 2.60. The fourth-order valence-electron chi connectivity index (χ4n) is 2.39. The van der Waals surface area contributed by atoms with Gasteiger partial charge in [0.1, 0.15) is 4.60 Å². The number of amides is 1. The lowest BCUT2D eigenvalue weighted by atomic mass is 9.85. The van der Waals surface area contributed by atoms with Crippen molar-refractivity contribution in [2.75, 3.05) is 18.4 Å². The van der Waals surface area contributed by atoms with Crippen molar-refractivity contribution in [2.24, 2.45) is 11.8 Å². The lowest BCUT2D eigenvalue weighted by Crippen LogP contribution is -2.34. The molecule has 2 rings (SSSR count). The Hall–Kier alpha value is -1.01. The Balaban J connectivity index is 1.81. The van der Waals surface area contributed by atoms with Crippen molar-refractivity contribution in [3.63, 3.8) is 0 Å². The predicted octanol–water partition coefficient (Wildman–Crippen LogP) is 2.20. The quantitative estimate of drug-likeness (QED) is 0.890. The summed E-state index contributed by atoms with van der Waals surface area (Å²) in [7, 11) is 0. The van der Waals surface area contributed by atoms with Crippen LogP contribution in [0.5, 0.6) is 0 Å². The van der Waals surface area contributed by atoms with Crippen LogP contribution in [0.4, 0.5) is 5.82 Å². The minimum atomic E-state index is 0.00898. The molecule has 2 N–H and O–H groups in total. The van der Waals surface area contributed by atoms with Crippen molar-refractivity contribution >= 4 is 27.7 Å². The summed E-state index contributed by atoms with van der Waals surface area (Å²) in [4.78, 5) is 20.1. The molecule has 0 bridgehead atoms. The molecule has 1 aliphatic rings. The Morgan fingerprint density at radius 3 is 3.05 bits per heavy atom. The zero-order valence-corrected chi connectivity index (χ0v) is 12.6. The van der Waals surface area contributed by atoms with Crippen LogP contribution < -0.4 is 10.6 Å². The standard InChI is InChI=1S/C13H19BrN4O/c1-9(10-3-2-4-15-6-10)5-13(19)18-12-8-16-11(14)7-17-12/h7-10,15H,2-6H2,1H3,(H,17,18,19). The van der Waals surface area contributed by atoms with Gasteiger partial charge >= 0.3 is 0 Å². The maximum Gasteiger partial charge on any atom is 0.225 e. The molecule has 2 atom stereocenters. The summed E-state index contributed by atoms with van der Waals surface area (Å²) in [5, 5.41) is 6.17. The van der Waals surface area contributed by atoms with E-state index in [0.717, 1.165) is 13.1 Å². The highest BCUT2D eigenvalue weighted by molar-refractivity contribution is 9.10. The second-order valence-corrected chi connectivity index (χ2v) is 5.87. The van der Waals surface area contributed by atoms with Crippen LogP contribution in [0, 0.1) is 11.8 Å². The normalized spacial score (nSPS) is 20.8. The van der Waals surface area contributed by atoms with Crippen LogP contribution in [-0.4, -0.2) is 29.0 Å². The third kappa shape index (κ3) is 4.54. The summed E-state index contributed by atoms with van der Waals surface area (Å²) in [5.74, 6) is 1.49. The summed E-state index contributed by atoms with van der Waals surface area (Å²) < 4.78 is 0.659. The number of carbonyl (C=O) groups is 1. The maximum atomic E-state index is 11.9. The van der Waals surface area contributed by atoms with Crippen molar-refractivity contribution in [3.05, 3.63) is 17.0 Å². The Morgan fingerprint density at radius 2 is 2.42 bits per heavy atom. The van der Waals surface area contributed by atoms with Crippen LogP contribution in [0.15, 0.2) is 17.0 Å². The van der Waals surface area contributed by atoms with E-state index in [1.807, 2.05) is 0 Å². The van der Waals surface area contributed by atoms with Gasteiger partial charge in [0.2, 0.25) is 5.91 Å². The van der Waals surface area contributed by atoms with Crippen molar-refractivity contribution in [1.82, 2.24) is 15.3 Å². The van der Waals surface area contributed by atoms with Gasteiger partial charge in [0.15, 0.2) is 5.82 Å². The summed E-state index contributed by atoms with van der Waals surface area (Å²) in [6.07, 6.45) is 6.07. The molecule has 5 nitrogen and oxygen atoms in total. The van der Waals surface area contributed by atoms with Crippen LogP contribution in [0.2, 0.25) is 0 Å². The molecule has 2 unspecified atom stereocenters. The highest BCUT2D eigenvalue weighted by Gasteiger charge is 2.22. The van der Waals surface area contributed by atoms with Crippen LogP contribution in [0.25, 0.3) is 0 Å². The Morgan fingerprint density at radius 1 is 1.58 bits per heavy atom. The molecule has 0 spiro atoms. The van der Waals surface area contributed by atoms with E-state index in [9.17, 15) is 4.79 Å². The van der Waals surface area contributed by atoms with E-state index in [4.69, 9.17) is 0 Å². The van der Waals surface area contributed by atoms with Gasteiger partial charge in [0.25, 0.3) is 0 Å². The number of carbonyl (C=O) groups excluding carboxylic acids is 1. The molecule has 0 aromatic carbocycles. The number of anilines is 1. The SMILES string of the molecule is CC(CC(=O)Nc1cnc(Br)cn1)C1CCCNC1. The summed E-state index contributed by atoms with van der Waals surface area (Å²) in [5.41, 5.74) is 0. The Labute approximate surface area is 121 Å². The first-order valence-electron chi connectivity index (χ1n) is 6.63. The van der Waals surface area contributed by atoms with Crippen LogP contribution in [0.3, 0.4) is 0 Å². The second-order valence-electron chi connectivity index (χ2n) is 5.06. The minimum Gasteiger partial charge on any atom is -0.316 e. The maximum absolute atomic E-state index is 11.9. The summed E-state index contributed by atoms with van der Waals surface area (Å²) in [6, 6.07) is 0. The molecule has 104 valence electrons. The van der Waals surface area contributed by atoms with Gasteiger partial charge in [-0.05, 0) is 53.7 Å². The molecular weight excluding hydrogens is 308 g/mol. The van der Waals surface area contributed by atoms with Gasteiger partial charge in [0, 0.05) is 6.42 Å². The minimum absolute atomic E-state index is 0.00898. The average molecular weight is 327 g/mol. The van der Waals surface area contributed by atoms with Crippen molar-refractivity contribution in [2.45, 2.75) is 26.2 Å². The molecule has 1 aromatic heterocycles. The number of hydrogen-bond acceptors (Lipinski definition) is 4. The molecule has 6 heteroatoms. The Kier molecular flexibility index (Phi) is 5.27. The monoisotopic (exact) mass is 326 g/mol. The molecule has 0 aliphatic carbocycles. The number of nitrogens with one attached hydrogen (secondary N) is 2. The van der Waals surface area contributed by atoms with Gasteiger partial charge in [-0.2, -0.15) is 0 Å². The molecule has 1 aromatic rings. The topological polar surface area (TPSA) is 66.9 Å². The van der Waals surface area contributed by atoms with E-state index in [0.29, 0.717) is 28.7 Å². The van der Waals surface area contributed by atoms with Gasteiger partial charge in [-0.1, -0.05) is 6.92 Å². The zero-order chi connectivity index (χ0) is 13.7. The van der Waals surface area contributed by atoms with Crippen LogP contribution in [-0.2, 0) is 4.79 Å². The number of hydrogen-bond donors (Lipinski definition) is 2. The van der Waals surface area contributed by atoms with Gasteiger partial charge in [0.05, 0.1) is 12.4 Å². The third-order valence-corrected chi connectivity index (χ3v) is 3.94. The zero-order valence-electron chi connectivity index (χ0n) is 11.0. The number of piperidine rings is 1. The molecule has 2 heterocycles. The van der Waals surface area contributed by atoms with Gasteiger partial charge in [-0.25, -0.2) is 9.97 Å². The summed E-state index contributed by atoms with van der Waals surface area (Å²) >= 11 is 3.21. The molecule has 1 amide bonds. The van der Waals surface area contributed by atoms with E-state index in [-0.39, 0.29) is 5.91 Å². The average Bonchev–Trinajstić information content (AvgIpc) is 2.42. The van der Waals surface area contributed by atoms with E-state index < -0.39 is 0 Å². The highest BCUT2D eigenvalue weighted by atomic mass is 79.9. The van der Waals surface area contributed by atoms with E-state index in [2.05, 4.69) is 43.5 Å². The van der Waals surface area contributed by atoms with Gasteiger partial charge in [-0.15, -0.1) is 0 Å². The first kappa shape index (κ1) is 14.4. The molecule has 1 saturated heterocycles. The van der Waals surface area contributed by atoms with Crippen LogP contribution in [0.1, 0.15) is 26.2 Å². The molecule has 1 aliphatic heterocycles. The molecule has 1 fully saturated rings. The fraction of sp³-hybridized carbons (Fsp3) is 0.615.